The fourth-order valence-corrected chi connectivity index (χ4v) is 1.57. The van der Waals surface area contributed by atoms with Crippen LogP contribution in [-0.2, 0) is 0 Å². The molecular weight excluding hydrogens is 246 g/mol. The van der Waals surface area contributed by atoms with Gasteiger partial charge in [-0.2, -0.15) is 0 Å². The van der Waals surface area contributed by atoms with E-state index in [0.29, 0.717) is 24.7 Å². The SMILES string of the molecule is CCOc1cc(OCC)c(Br)cc1N. The van der Waals surface area contributed by atoms with Crippen LogP contribution in [0, 0.1) is 0 Å². The summed E-state index contributed by atoms with van der Waals surface area (Å²) in [7, 11) is 0. The molecule has 0 amide bonds. The van der Waals surface area contributed by atoms with Crippen molar-refractivity contribution >= 4 is 21.6 Å². The Morgan fingerprint density at radius 3 is 2.29 bits per heavy atom. The second-order valence-electron chi connectivity index (χ2n) is 2.69. The maximum absolute atomic E-state index is 5.76. The predicted octanol–water partition coefficient (Wildman–Crippen LogP) is 2.83. The highest BCUT2D eigenvalue weighted by molar-refractivity contribution is 9.10. The van der Waals surface area contributed by atoms with Crippen molar-refractivity contribution in [2.24, 2.45) is 0 Å². The molecule has 0 bridgehead atoms. The molecular formula is C10H14BrNO2. The summed E-state index contributed by atoms with van der Waals surface area (Å²) in [6, 6.07) is 3.59. The summed E-state index contributed by atoms with van der Waals surface area (Å²) in [5.41, 5.74) is 6.38. The first-order valence-corrected chi connectivity index (χ1v) is 5.33. The van der Waals surface area contributed by atoms with Crippen LogP contribution >= 0.6 is 15.9 Å². The van der Waals surface area contributed by atoms with Crippen molar-refractivity contribution < 1.29 is 9.47 Å². The Labute approximate surface area is 92.3 Å². The van der Waals surface area contributed by atoms with Crippen LogP contribution in [0.1, 0.15) is 13.8 Å². The van der Waals surface area contributed by atoms with E-state index in [1.807, 2.05) is 13.8 Å². The van der Waals surface area contributed by atoms with E-state index < -0.39 is 0 Å². The maximum Gasteiger partial charge on any atom is 0.145 e. The Kier molecular flexibility index (Phi) is 4.07. The molecule has 1 aromatic carbocycles. The van der Waals surface area contributed by atoms with E-state index in [4.69, 9.17) is 15.2 Å². The minimum atomic E-state index is 0.595. The van der Waals surface area contributed by atoms with Gasteiger partial charge in [-0.15, -0.1) is 0 Å². The lowest BCUT2D eigenvalue weighted by atomic mass is 10.3. The molecule has 0 aliphatic carbocycles. The molecule has 0 radical (unpaired) electrons. The van der Waals surface area contributed by atoms with E-state index in [1.54, 1.807) is 12.1 Å². The number of hydrogen-bond donors (Lipinski definition) is 1. The van der Waals surface area contributed by atoms with Gasteiger partial charge in [-0.3, -0.25) is 0 Å². The van der Waals surface area contributed by atoms with Gasteiger partial charge in [-0.1, -0.05) is 0 Å². The Hall–Kier alpha value is -0.900. The Bertz CT molecular complexity index is 288. The van der Waals surface area contributed by atoms with Crippen molar-refractivity contribution in [3.63, 3.8) is 0 Å². The van der Waals surface area contributed by atoms with Gasteiger partial charge >= 0.3 is 0 Å². The minimum Gasteiger partial charge on any atom is -0.493 e. The Morgan fingerprint density at radius 1 is 1.14 bits per heavy atom. The molecule has 0 saturated heterocycles. The van der Waals surface area contributed by atoms with E-state index in [2.05, 4.69) is 15.9 Å². The molecule has 1 rings (SSSR count). The van der Waals surface area contributed by atoms with Gasteiger partial charge in [0.25, 0.3) is 0 Å². The van der Waals surface area contributed by atoms with Gasteiger partial charge in [0, 0.05) is 6.07 Å². The molecule has 0 aliphatic heterocycles. The van der Waals surface area contributed by atoms with E-state index in [1.165, 1.54) is 0 Å². The fourth-order valence-electron chi connectivity index (χ4n) is 1.10. The second-order valence-corrected chi connectivity index (χ2v) is 3.54. The summed E-state index contributed by atoms with van der Waals surface area (Å²) in [4.78, 5) is 0. The molecule has 0 atom stereocenters. The first-order valence-electron chi connectivity index (χ1n) is 4.53. The van der Waals surface area contributed by atoms with Crippen molar-refractivity contribution in [2.45, 2.75) is 13.8 Å². The molecule has 0 saturated carbocycles. The van der Waals surface area contributed by atoms with Crippen molar-refractivity contribution in [1.29, 1.82) is 0 Å². The van der Waals surface area contributed by atoms with Gasteiger partial charge in [0.1, 0.15) is 11.5 Å². The lowest BCUT2D eigenvalue weighted by Gasteiger charge is -2.11. The summed E-state index contributed by atoms with van der Waals surface area (Å²) < 4.78 is 11.6. The number of benzene rings is 1. The first-order chi connectivity index (χ1) is 6.69. The summed E-state index contributed by atoms with van der Waals surface area (Å²) >= 11 is 3.37. The smallest absolute Gasteiger partial charge is 0.145 e. The van der Waals surface area contributed by atoms with Crippen molar-refractivity contribution in [3.8, 4) is 11.5 Å². The molecule has 14 heavy (non-hydrogen) atoms. The van der Waals surface area contributed by atoms with Crippen LogP contribution in [-0.4, -0.2) is 13.2 Å². The lowest BCUT2D eigenvalue weighted by molar-refractivity contribution is 0.323. The van der Waals surface area contributed by atoms with Crippen molar-refractivity contribution in [3.05, 3.63) is 16.6 Å². The van der Waals surface area contributed by atoms with Crippen LogP contribution in [0.2, 0.25) is 0 Å². The zero-order valence-electron chi connectivity index (χ0n) is 8.34. The third-order valence-electron chi connectivity index (χ3n) is 1.66. The molecule has 0 spiro atoms. The maximum atomic E-state index is 5.76. The number of nitrogen functional groups attached to an aromatic ring is 1. The Morgan fingerprint density at radius 2 is 1.71 bits per heavy atom. The van der Waals surface area contributed by atoms with Gasteiger partial charge in [0.05, 0.1) is 23.4 Å². The summed E-state index contributed by atoms with van der Waals surface area (Å²) in [6.07, 6.45) is 0. The van der Waals surface area contributed by atoms with Crippen molar-refractivity contribution in [1.82, 2.24) is 0 Å². The zero-order chi connectivity index (χ0) is 10.6. The monoisotopic (exact) mass is 259 g/mol. The molecule has 0 heterocycles. The third kappa shape index (κ3) is 2.54. The largest absolute Gasteiger partial charge is 0.493 e. The normalized spacial score (nSPS) is 9.93. The number of halogens is 1. The highest BCUT2D eigenvalue weighted by atomic mass is 79.9. The molecule has 4 heteroatoms. The van der Waals surface area contributed by atoms with E-state index in [0.717, 1.165) is 10.2 Å². The predicted molar refractivity (Wildman–Crippen MR) is 60.9 cm³/mol. The fraction of sp³-hybridized carbons (Fsp3) is 0.400. The van der Waals surface area contributed by atoms with E-state index in [-0.39, 0.29) is 0 Å². The average Bonchev–Trinajstić information content (AvgIpc) is 2.14. The topological polar surface area (TPSA) is 44.5 Å². The molecule has 0 unspecified atom stereocenters. The summed E-state index contributed by atoms with van der Waals surface area (Å²) in [5.74, 6) is 1.42. The zero-order valence-corrected chi connectivity index (χ0v) is 9.93. The van der Waals surface area contributed by atoms with Crippen LogP contribution in [0.15, 0.2) is 16.6 Å². The number of hydrogen-bond acceptors (Lipinski definition) is 3. The number of ether oxygens (including phenoxy) is 2. The number of rotatable bonds is 4. The number of anilines is 1. The highest BCUT2D eigenvalue weighted by Crippen LogP contribution is 2.34. The number of nitrogens with two attached hydrogens (primary N) is 1. The van der Waals surface area contributed by atoms with E-state index in [9.17, 15) is 0 Å². The third-order valence-corrected chi connectivity index (χ3v) is 2.28. The highest BCUT2D eigenvalue weighted by Gasteiger charge is 2.07. The van der Waals surface area contributed by atoms with Crippen LogP contribution in [0.5, 0.6) is 11.5 Å². The van der Waals surface area contributed by atoms with Gasteiger partial charge in [0.15, 0.2) is 0 Å². The quantitative estimate of drug-likeness (QED) is 0.846. The molecule has 78 valence electrons. The summed E-state index contributed by atoms with van der Waals surface area (Å²) in [6.45, 7) is 5.07. The average molecular weight is 260 g/mol. The molecule has 0 fully saturated rings. The molecule has 1 aromatic rings. The van der Waals surface area contributed by atoms with Crippen LogP contribution in [0.4, 0.5) is 5.69 Å². The van der Waals surface area contributed by atoms with Crippen LogP contribution < -0.4 is 15.2 Å². The molecule has 2 N–H and O–H groups in total. The van der Waals surface area contributed by atoms with Gasteiger partial charge in [-0.25, -0.2) is 0 Å². The standard InChI is InChI=1S/C10H14BrNO2/c1-3-13-9-6-10(14-4-2)8(12)5-7(9)11/h5-6H,3-4,12H2,1-2H3. The molecule has 0 aliphatic rings. The summed E-state index contributed by atoms with van der Waals surface area (Å²) in [5, 5.41) is 0. The van der Waals surface area contributed by atoms with Gasteiger partial charge in [-0.05, 0) is 35.8 Å². The van der Waals surface area contributed by atoms with Crippen LogP contribution in [0.3, 0.4) is 0 Å². The lowest BCUT2D eigenvalue weighted by Crippen LogP contribution is -1.99. The Balaban J connectivity index is 3.00. The van der Waals surface area contributed by atoms with Gasteiger partial charge < -0.3 is 15.2 Å². The molecule has 3 nitrogen and oxygen atoms in total. The van der Waals surface area contributed by atoms with E-state index >= 15 is 0 Å². The minimum absolute atomic E-state index is 0.595. The van der Waals surface area contributed by atoms with Crippen LogP contribution in [0.25, 0.3) is 0 Å². The van der Waals surface area contributed by atoms with Crippen molar-refractivity contribution in [2.75, 3.05) is 18.9 Å². The van der Waals surface area contributed by atoms with Gasteiger partial charge in [0.2, 0.25) is 0 Å². The first kappa shape index (κ1) is 11.2. The molecule has 0 aromatic heterocycles. The second kappa shape index (κ2) is 5.10.